The minimum Gasteiger partial charge on any atom is -0.339 e. The second-order valence-corrected chi connectivity index (χ2v) is 5.55. The maximum atomic E-state index is 12.4. The highest BCUT2D eigenvalue weighted by Crippen LogP contribution is 2.19. The van der Waals surface area contributed by atoms with Crippen LogP contribution < -0.4 is 5.32 Å². The van der Waals surface area contributed by atoms with E-state index in [0.717, 1.165) is 13.1 Å². The number of hydrogen-bond donors (Lipinski definition) is 1. The number of nitro benzene ring substituents is 1. The first-order valence-corrected chi connectivity index (χ1v) is 7.39. The van der Waals surface area contributed by atoms with Gasteiger partial charge in [-0.05, 0) is 19.1 Å². The van der Waals surface area contributed by atoms with Gasteiger partial charge in [-0.15, -0.1) is 0 Å². The summed E-state index contributed by atoms with van der Waals surface area (Å²) in [5, 5.41) is 14.0. The highest BCUT2D eigenvalue weighted by atomic mass is 16.6. The van der Waals surface area contributed by atoms with E-state index in [4.69, 9.17) is 0 Å². The van der Waals surface area contributed by atoms with Crippen LogP contribution in [0.2, 0.25) is 0 Å². The third-order valence-electron chi connectivity index (χ3n) is 3.83. The monoisotopic (exact) mass is 320 g/mol. The van der Waals surface area contributed by atoms with E-state index in [1.54, 1.807) is 18.9 Å². The molecule has 1 saturated heterocycles. The van der Waals surface area contributed by atoms with Crippen LogP contribution in [0.25, 0.3) is 0 Å². The van der Waals surface area contributed by atoms with Crippen LogP contribution in [0.1, 0.15) is 15.9 Å². The minimum absolute atomic E-state index is 0.00509. The van der Waals surface area contributed by atoms with E-state index in [1.807, 2.05) is 0 Å². The predicted octanol–water partition coefficient (Wildman–Crippen LogP) is 0.407. The third kappa shape index (κ3) is 4.04. The molecule has 0 spiro atoms. The molecular formula is C15H20N4O4. The van der Waals surface area contributed by atoms with Crippen LogP contribution in [-0.2, 0) is 4.79 Å². The molecule has 0 radical (unpaired) electrons. The second kappa shape index (κ2) is 7.19. The van der Waals surface area contributed by atoms with Gasteiger partial charge in [0.1, 0.15) is 0 Å². The van der Waals surface area contributed by atoms with Crippen molar-refractivity contribution in [1.29, 1.82) is 0 Å². The average molecular weight is 320 g/mol. The van der Waals surface area contributed by atoms with Crippen molar-refractivity contribution in [2.75, 3.05) is 39.8 Å². The van der Waals surface area contributed by atoms with Crippen molar-refractivity contribution in [2.24, 2.45) is 0 Å². The fraction of sp³-hybridized carbons (Fsp3) is 0.467. The lowest BCUT2D eigenvalue weighted by Crippen LogP contribution is -2.49. The van der Waals surface area contributed by atoms with Gasteiger partial charge in [0, 0.05) is 50.4 Å². The Hall–Kier alpha value is -2.48. The standard InChI is InChI=1S/C15H20N4O4/c1-11-9-12(3-4-13(11)19(22)23)15(21)17(2)10-14(20)18-7-5-16-6-8-18/h3-4,9,16H,5-8,10H2,1-2H3. The van der Waals surface area contributed by atoms with Crippen LogP contribution >= 0.6 is 0 Å². The molecule has 0 aliphatic carbocycles. The van der Waals surface area contributed by atoms with E-state index in [0.29, 0.717) is 24.2 Å². The van der Waals surface area contributed by atoms with Crippen molar-refractivity contribution in [3.8, 4) is 0 Å². The summed E-state index contributed by atoms with van der Waals surface area (Å²) in [5.41, 5.74) is 0.729. The lowest BCUT2D eigenvalue weighted by atomic mass is 10.1. The average Bonchev–Trinajstić information content (AvgIpc) is 2.54. The highest BCUT2D eigenvalue weighted by Gasteiger charge is 2.21. The van der Waals surface area contributed by atoms with Crippen LogP contribution in [0.15, 0.2) is 18.2 Å². The van der Waals surface area contributed by atoms with E-state index in [-0.39, 0.29) is 24.0 Å². The van der Waals surface area contributed by atoms with Gasteiger partial charge in [0.05, 0.1) is 11.5 Å². The van der Waals surface area contributed by atoms with E-state index in [2.05, 4.69) is 5.32 Å². The number of hydrogen-bond acceptors (Lipinski definition) is 5. The number of likely N-dealkylation sites (N-methyl/N-ethyl adjacent to an activating group) is 1. The topological polar surface area (TPSA) is 95.8 Å². The lowest BCUT2D eigenvalue weighted by molar-refractivity contribution is -0.385. The zero-order valence-corrected chi connectivity index (χ0v) is 13.2. The van der Waals surface area contributed by atoms with Gasteiger partial charge in [0.2, 0.25) is 5.91 Å². The molecule has 2 amide bonds. The Labute approximate surface area is 134 Å². The van der Waals surface area contributed by atoms with E-state index >= 15 is 0 Å². The third-order valence-corrected chi connectivity index (χ3v) is 3.83. The SMILES string of the molecule is Cc1cc(C(=O)N(C)CC(=O)N2CCNCC2)ccc1[N+](=O)[O-]. The zero-order chi connectivity index (χ0) is 17.0. The number of amides is 2. The summed E-state index contributed by atoms with van der Waals surface area (Å²) in [5.74, 6) is -0.424. The molecule has 1 N–H and O–H groups in total. The number of aryl methyl sites for hydroxylation is 1. The molecule has 0 saturated carbocycles. The quantitative estimate of drug-likeness (QED) is 0.640. The number of carbonyl (C=O) groups is 2. The van der Waals surface area contributed by atoms with Gasteiger partial charge in [-0.3, -0.25) is 19.7 Å². The Kier molecular flexibility index (Phi) is 5.28. The van der Waals surface area contributed by atoms with E-state index in [9.17, 15) is 19.7 Å². The van der Waals surface area contributed by atoms with Gasteiger partial charge >= 0.3 is 0 Å². The summed E-state index contributed by atoms with van der Waals surface area (Å²) in [6.07, 6.45) is 0. The first kappa shape index (κ1) is 16.9. The van der Waals surface area contributed by atoms with E-state index in [1.165, 1.54) is 23.1 Å². The number of carbonyl (C=O) groups excluding carboxylic acids is 2. The van der Waals surface area contributed by atoms with Crippen LogP contribution in [0, 0.1) is 17.0 Å². The number of nitro groups is 1. The Morgan fingerprint density at radius 1 is 1.35 bits per heavy atom. The lowest BCUT2D eigenvalue weighted by Gasteiger charge is -2.29. The molecule has 0 aromatic heterocycles. The number of piperazine rings is 1. The first-order valence-electron chi connectivity index (χ1n) is 7.39. The predicted molar refractivity (Wildman–Crippen MR) is 84.2 cm³/mol. The Morgan fingerprint density at radius 2 is 2.00 bits per heavy atom. The summed E-state index contributed by atoms with van der Waals surface area (Å²) >= 11 is 0. The maximum absolute atomic E-state index is 12.4. The Bertz CT molecular complexity index is 626. The van der Waals surface area contributed by atoms with Gasteiger partial charge in [0.25, 0.3) is 11.6 Å². The molecule has 0 bridgehead atoms. The summed E-state index contributed by atoms with van der Waals surface area (Å²) < 4.78 is 0. The molecule has 0 atom stereocenters. The molecule has 2 rings (SSSR count). The van der Waals surface area contributed by atoms with Crippen LogP contribution in [0.3, 0.4) is 0 Å². The number of rotatable bonds is 4. The molecule has 23 heavy (non-hydrogen) atoms. The fourth-order valence-corrected chi connectivity index (χ4v) is 2.50. The van der Waals surface area contributed by atoms with Gasteiger partial charge < -0.3 is 15.1 Å². The molecule has 8 nitrogen and oxygen atoms in total. The summed E-state index contributed by atoms with van der Waals surface area (Å²) in [7, 11) is 1.55. The highest BCUT2D eigenvalue weighted by molar-refractivity contribution is 5.96. The van der Waals surface area contributed by atoms with Gasteiger partial charge in [-0.25, -0.2) is 0 Å². The molecule has 124 valence electrons. The zero-order valence-electron chi connectivity index (χ0n) is 13.2. The van der Waals surface area contributed by atoms with Crippen LogP contribution in [0.5, 0.6) is 0 Å². The minimum atomic E-state index is -0.485. The normalized spacial score (nSPS) is 14.4. The molecule has 1 aromatic carbocycles. The van der Waals surface area contributed by atoms with Crippen molar-refractivity contribution in [2.45, 2.75) is 6.92 Å². The molecule has 1 aromatic rings. The maximum Gasteiger partial charge on any atom is 0.272 e. The Balaban J connectivity index is 2.03. The molecule has 1 aliphatic heterocycles. The van der Waals surface area contributed by atoms with E-state index < -0.39 is 4.92 Å². The number of nitrogens with one attached hydrogen (secondary N) is 1. The van der Waals surface area contributed by atoms with Crippen molar-refractivity contribution >= 4 is 17.5 Å². The molecule has 1 aliphatic rings. The number of nitrogens with zero attached hydrogens (tertiary/aromatic N) is 3. The molecule has 1 fully saturated rings. The van der Waals surface area contributed by atoms with Crippen LogP contribution in [0.4, 0.5) is 5.69 Å². The smallest absolute Gasteiger partial charge is 0.272 e. The summed E-state index contributed by atoms with van der Waals surface area (Å²) in [6, 6.07) is 4.21. The molecular weight excluding hydrogens is 300 g/mol. The first-order chi connectivity index (χ1) is 10.9. The van der Waals surface area contributed by atoms with Crippen molar-refractivity contribution in [3.05, 3.63) is 39.4 Å². The fourth-order valence-electron chi connectivity index (χ4n) is 2.50. The van der Waals surface area contributed by atoms with Crippen molar-refractivity contribution in [1.82, 2.24) is 15.1 Å². The largest absolute Gasteiger partial charge is 0.339 e. The molecule has 1 heterocycles. The van der Waals surface area contributed by atoms with Gasteiger partial charge in [0.15, 0.2) is 0 Å². The molecule has 8 heteroatoms. The van der Waals surface area contributed by atoms with Crippen molar-refractivity contribution in [3.63, 3.8) is 0 Å². The summed E-state index contributed by atoms with van der Waals surface area (Å²) in [4.78, 5) is 37.9. The number of benzene rings is 1. The second-order valence-electron chi connectivity index (χ2n) is 5.55. The van der Waals surface area contributed by atoms with Gasteiger partial charge in [-0.2, -0.15) is 0 Å². The molecule has 0 unspecified atom stereocenters. The Morgan fingerprint density at radius 3 is 2.57 bits per heavy atom. The van der Waals surface area contributed by atoms with Gasteiger partial charge in [-0.1, -0.05) is 0 Å². The summed E-state index contributed by atoms with van der Waals surface area (Å²) in [6.45, 7) is 4.36. The van der Waals surface area contributed by atoms with Crippen LogP contribution in [-0.4, -0.2) is 66.3 Å². The van der Waals surface area contributed by atoms with Crippen molar-refractivity contribution < 1.29 is 14.5 Å².